The molecule has 0 radical (unpaired) electrons. The van der Waals surface area contributed by atoms with Crippen LogP contribution in [0.5, 0.6) is 11.5 Å². The first-order chi connectivity index (χ1) is 11.6. The molecule has 0 aliphatic carbocycles. The summed E-state index contributed by atoms with van der Waals surface area (Å²) < 4.78 is 12.1. The first kappa shape index (κ1) is 19.5. The van der Waals surface area contributed by atoms with Crippen molar-refractivity contribution in [2.75, 3.05) is 0 Å². The smallest absolute Gasteiger partial charge is 0.250 e. The topological polar surface area (TPSA) is 35.5 Å². The molecule has 2 rings (SSSR count). The Morgan fingerprint density at radius 3 is 2.20 bits per heavy atom. The maximum absolute atomic E-state index is 10.7. The average Bonchev–Trinajstić information content (AvgIpc) is 2.54. The quantitative estimate of drug-likeness (QED) is 0.450. The molecule has 3 nitrogen and oxygen atoms in total. The Kier molecular flexibility index (Phi) is 5.96. The van der Waals surface area contributed by atoms with Gasteiger partial charge in [-0.2, -0.15) is 0 Å². The van der Waals surface area contributed by atoms with Crippen LogP contribution < -0.4 is 9.16 Å². The number of rotatable bonds is 6. The van der Waals surface area contributed by atoms with Crippen LogP contribution in [-0.4, -0.2) is 14.6 Å². The molecule has 0 saturated heterocycles. The Balaban J connectivity index is 2.11. The van der Waals surface area contributed by atoms with Crippen LogP contribution in [0.3, 0.4) is 0 Å². The number of hydrogen-bond acceptors (Lipinski definition) is 3. The first-order valence-corrected chi connectivity index (χ1v) is 11.6. The van der Waals surface area contributed by atoms with Crippen molar-refractivity contribution in [3.05, 3.63) is 58.6 Å². The molecule has 0 fully saturated rings. The van der Waals surface area contributed by atoms with Crippen molar-refractivity contribution in [1.29, 1.82) is 0 Å². The highest BCUT2D eigenvalue weighted by atomic mass is 35.5. The second kappa shape index (κ2) is 7.62. The molecule has 0 N–H and O–H groups in total. The molecule has 0 unspecified atom stereocenters. The number of aldehydes is 1. The van der Waals surface area contributed by atoms with Gasteiger partial charge in [0.05, 0.1) is 0 Å². The van der Waals surface area contributed by atoms with Gasteiger partial charge in [-0.3, -0.25) is 4.79 Å². The molecule has 0 aromatic heterocycles. The Hall–Kier alpha value is -1.78. The zero-order valence-corrected chi connectivity index (χ0v) is 17.2. The molecule has 0 spiro atoms. The number of ether oxygens (including phenoxy) is 1. The minimum Gasteiger partial charge on any atom is -0.543 e. The van der Waals surface area contributed by atoms with E-state index in [1.165, 1.54) is 0 Å². The third-order valence-corrected chi connectivity index (χ3v) is 9.33. The summed E-state index contributed by atoms with van der Waals surface area (Å²) >= 11 is 6.30. The average molecular weight is 377 g/mol. The third-order valence-electron chi connectivity index (χ3n) is 4.61. The summed E-state index contributed by atoms with van der Waals surface area (Å²) in [5, 5.41) is 0.774. The summed E-state index contributed by atoms with van der Waals surface area (Å²) in [5.74, 6) is 1.52. The van der Waals surface area contributed by atoms with Gasteiger partial charge in [0.1, 0.15) is 24.4 Å². The first-order valence-electron chi connectivity index (χ1n) is 8.28. The lowest BCUT2D eigenvalue weighted by Crippen LogP contribution is -2.43. The number of carbonyl (C=O) groups excluding carboxylic acids is 1. The van der Waals surface area contributed by atoms with Gasteiger partial charge in [-0.05, 0) is 60.6 Å². The van der Waals surface area contributed by atoms with Gasteiger partial charge in [0.2, 0.25) is 8.32 Å². The molecule has 0 saturated carbocycles. The largest absolute Gasteiger partial charge is 0.543 e. The van der Waals surface area contributed by atoms with E-state index in [9.17, 15) is 4.79 Å². The van der Waals surface area contributed by atoms with E-state index >= 15 is 0 Å². The summed E-state index contributed by atoms with van der Waals surface area (Å²) in [6.07, 6.45) is 0.808. The minimum atomic E-state index is -1.90. The molecule has 0 heterocycles. The van der Waals surface area contributed by atoms with Crippen molar-refractivity contribution < 1.29 is 14.0 Å². The summed E-state index contributed by atoms with van der Waals surface area (Å²) in [7, 11) is -1.90. The lowest BCUT2D eigenvalue weighted by molar-refractivity contribution is 0.112. The molecular formula is C20H25ClO3Si. The predicted molar refractivity (Wildman–Crippen MR) is 105 cm³/mol. The maximum Gasteiger partial charge on any atom is 0.250 e. The Morgan fingerprint density at radius 2 is 1.64 bits per heavy atom. The van der Waals surface area contributed by atoms with Gasteiger partial charge < -0.3 is 9.16 Å². The molecule has 2 aromatic carbocycles. The second-order valence-corrected chi connectivity index (χ2v) is 12.7. The Bertz CT molecular complexity index is 734. The number of benzene rings is 2. The highest BCUT2D eigenvalue weighted by molar-refractivity contribution is 6.74. The van der Waals surface area contributed by atoms with Crippen LogP contribution in [0.4, 0.5) is 0 Å². The molecule has 0 amide bonds. The van der Waals surface area contributed by atoms with Gasteiger partial charge in [-0.25, -0.2) is 0 Å². The molecule has 5 heteroatoms. The molecule has 2 aromatic rings. The van der Waals surface area contributed by atoms with E-state index in [0.717, 1.165) is 17.6 Å². The monoisotopic (exact) mass is 376 g/mol. The zero-order chi connectivity index (χ0) is 18.7. The molecule has 134 valence electrons. The van der Waals surface area contributed by atoms with E-state index in [2.05, 4.69) is 33.9 Å². The van der Waals surface area contributed by atoms with Crippen LogP contribution in [0.2, 0.25) is 23.2 Å². The fraction of sp³-hybridized carbons (Fsp3) is 0.350. The summed E-state index contributed by atoms with van der Waals surface area (Å²) in [6.45, 7) is 11.4. The van der Waals surface area contributed by atoms with Crippen LogP contribution in [0, 0.1) is 0 Å². The molecule has 0 bridgehead atoms. The summed E-state index contributed by atoms with van der Waals surface area (Å²) in [5.41, 5.74) is 1.49. The van der Waals surface area contributed by atoms with Crippen LogP contribution >= 0.6 is 11.6 Å². The Morgan fingerprint density at radius 1 is 1.04 bits per heavy atom. The fourth-order valence-corrected chi connectivity index (χ4v) is 3.17. The molecule has 25 heavy (non-hydrogen) atoms. The lowest BCUT2D eigenvalue weighted by Gasteiger charge is -2.36. The standard InChI is InChI=1S/C20H25ClO3Si/c1-20(2,3)25(4,5)24-18-10-11-19(21)16(12-18)14-23-17-8-6-15(13-22)7-9-17/h6-13H,14H2,1-5H3. The second-order valence-electron chi connectivity index (χ2n) is 7.59. The van der Waals surface area contributed by atoms with Gasteiger partial charge >= 0.3 is 0 Å². The lowest BCUT2D eigenvalue weighted by atomic mass is 10.2. The van der Waals surface area contributed by atoms with Crippen molar-refractivity contribution >= 4 is 26.2 Å². The van der Waals surface area contributed by atoms with E-state index in [0.29, 0.717) is 22.9 Å². The number of halogens is 1. The van der Waals surface area contributed by atoms with Gasteiger partial charge in [-0.15, -0.1) is 0 Å². The van der Waals surface area contributed by atoms with E-state index in [1.54, 1.807) is 24.3 Å². The van der Waals surface area contributed by atoms with E-state index in [1.807, 2.05) is 18.2 Å². The maximum atomic E-state index is 10.7. The third kappa shape index (κ3) is 5.09. The van der Waals surface area contributed by atoms with Gasteiger partial charge in [0, 0.05) is 16.1 Å². The van der Waals surface area contributed by atoms with Crippen molar-refractivity contribution in [3.8, 4) is 11.5 Å². The van der Waals surface area contributed by atoms with E-state index in [4.69, 9.17) is 20.8 Å². The SMILES string of the molecule is CC(C)(C)[Si](C)(C)Oc1ccc(Cl)c(COc2ccc(C=O)cc2)c1. The van der Waals surface area contributed by atoms with E-state index < -0.39 is 8.32 Å². The molecular weight excluding hydrogens is 352 g/mol. The van der Waals surface area contributed by atoms with Crippen molar-refractivity contribution in [1.82, 2.24) is 0 Å². The van der Waals surface area contributed by atoms with Gasteiger partial charge in [0.15, 0.2) is 0 Å². The van der Waals surface area contributed by atoms with Crippen LogP contribution in [0.15, 0.2) is 42.5 Å². The number of carbonyl (C=O) groups is 1. The van der Waals surface area contributed by atoms with Crippen LogP contribution in [0.1, 0.15) is 36.7 Å². The van der Waals surface area contributed by atoms with Crippen LogP contribution in [-0.2, 0) is 6.61 Å². The van der Waals surface area contributed by atoms with Crippen molar-refractivity contribution in [2.45, 2.75) is 45.5 Å². The minimum absolute atomic E-state index is 0.129. The highest BCUT2D eigenvalue weighted by Crippen LogP contribution is 2.38. The van der Waals surface area contributed by atoms with E-state index in [-0.39, 0.29) is 5.04 Å². The summed E-state index contributed by atoms with van der Waals surface area (Å²) in [6, 6.07) is 12.7. The predicted octanol–water partition coefficient (Wildman–Crippen LogP) is 6.12. The fourth-order valence-electron chi connectivity index (χ4n) is 1.98. The van der Waals surface area contributed by atoms with Crippen molar-refractivity contribution in [2.24, 2.45) is 0 Å². The van der Waals surface area contributed by atoms with Crippen LogP contribution in [0.25, 0.3) is 0 Å². The van der Waals surface area contributed by atoms with Crippen molar-refractivity contribution in [3.63, 3.8) is 0 Å². The normalized spacial score (nSPS) is 11.9. The number of hydrogen-bond donors (Lipinski definition) is 0. The summed E-state index contributed by atoms with van der Waals surface area (Å²) in [4.78, 5) is 10.7. The van der Waals surface area contributed by atoms with Gasteiger partial charge in [0.25, 0.3) is 0 Å². The Labute approximate surface area is 156 Å². The highest BCUT2D eigenvalue weighted by Gasteiger charge is 2.39. The van der Waals surface area contributed by atoms with Gasteiger partial charge in [-0.1, -0.05) is 32.4 Å². The molecule has 0 aliphatic heterocycles. The molecule has 0 aliphatic rings. The molecule has 0 atom stereocenters. The zero-order valence-electron chi connectivity index (χ0n) is 15.4.